The maximum Gasteiger partial charge on any atom is 0.277 e. The summed E-state index contributed by atoms with van der Waals surface area (Å²) in [5, 5.41) is 9.74. The van der Waals surface area contributed by atoms with Crippen LogP contribution >= 0.6 is 0 Å². The van der Waals surface area contributed by atoms with Crippen LogP contribution in [0, 0.1) is 0 Å². The number of rotatable bonds is 5. The Hall–Kier alpha value is -3.02. The van der Waals surface area contributed by atoms with Crippen LogP contribution in [-0.4, -0.2) is 26.1 Å². The van der Waals surface area contributed by atoms with Crippen LogP contribution in [0.4, 0.5) is 5.82 Å². The average Bonchev–Trinajstić information content (AvgIpc) is 3.05. The lowest BCUT2D eigenvalue weighted by Gasteiger charge is -2.01. The van der Waals surface area contributed by atoms with E-state index in [0.717, 1.165) is 24.1 Å². The Morgan fingerprint density at radius 3 is 2.74 bits per heavy atom. The highest BCUT2D eigenvalue weighted by Gasteiger charge is 2.10. The molecule has 0 unspecified atom stereocenters. The molecule has 1 amide bonds. The molecule has 0 bridgehead atoms. The summed E-state index contributed by atoms with van der Waals surface area (Å²) in [6, 6.07) is 10.1. The number of aryl methyl sites for hydroxylation is 1. The van der Waals surface area contributed by atoms with Crippen molar-refractivity contribution in [1.29, 1.82) is 0 Å². The lowest BCUT2D eigenvalue weighted by Crippen LogP contribution is -2.13. The zero-order chi connectivity index (χ0) is 16.1. The molecule has 0 spiro atoms. The van der Waals surface area contributed by atoms with E-state index in [4.69, 9.17) is 0 Å². The number of anilines is 1. The molecule has 0 saturated heterocycles. The van der Waals surface area contributed by atoms with Crippen molar-refractivity contribution in [3.8, 4) is 11.3 Å². The first-order chi connectivity index (χ1) is 11.3. The third-order valence-corrected chi connectivity index (χ3v) is 3.42. The van der Waals surface area contributed by atoms with Crippen molar-refractivity contribution < 1.29 is 4.79 Å². The predicted molar refractivity (Wildman–Crippen MR) is 88.0 cm³/mol. The fourth-order valence-electron chi connectivity index (χ4n) is 2.27. The molecule has 0 aliphatic carbocycles. The summed E-state index contributed by atoms with van der Waals surface area (Å²) in [6.45, 7) is 2.16. The predicted octanol–water partition coefficient (Wildman–Crippen LogP) is 3.07. The molecular formula is C17H17N5O. The quantitative estimate of drug-likeness (QED) is 0.758. The average molecular weight is 307 g/mol. The minimum atomic E-state index is -0.338. The zero-order valence-corrected chi connectivity index (χ0v) is 12.8. The molecular weight excluding hydrogens is 290 g/mol. The Bertz CT molecular complexity index is 780. The topological polar surface area (TPSA) is 83.6 Å². The standard InChI is InChI=1S/C17H17N5O/c1-2-3-12-4-6-13(7-5-12)14-10-16(22-21-14)20-17(23)15-11-18-8-9-19-15/h4-11H,2-3H2,1H3,(H2,20,21,22,23). The Labute approximate surface area is 134 Å². The maximum absolute atomic E-state index is 12.0. The van der Waals surface area contributed by atoms with Gasteiger partial charge in [0.25, 0.3) is 5.91 Å². The number of benzene rings is 1. The van der Waals surface area contributed by atoms with Crippen LogP contribution in [0.15, 0.2) is 48.9 Å². The van der Waals surface area contributed by atoms with Crippen molar-refractivity contribution in [1.82, 2.24) is 20.2 Å². The second-order valence-electron chi connectivity index (χ2n) is 5.16. The number of nitrogens with zero attached hydrogens (tertiary/aromatic N) is 3. The van der Waals surface area contributed by atoms with Crippen LogP contribution < -0.4 is 5.32 Å². The minimum absolute atomic E-state index is 0.251. The maximum atomic E-state index is 12.0. The molecule has 1 aromatic carbocycles. The van der Waals surface area contributed by atoms with Gasteiger partial charge in [-0.05, 0) is 17.5 Å². The first kappa shape index (κ1) is 14.9. The number of amides is 1. The molecule has 0 saturated carbocycles. The van der Waals surface area contributed by atoms with Crippen LogP contribution in [0.3, 0.4) is 0 Å². The highest BCUT2D eigenvalue weighted by atomic mass is 16.2. The monoisotopic (exact) mass is 307 g/mol. The van der Waals surface area contributed by atoms with Crippen molar-refractivity contribution in [2.75, 3.05) is 5.32 Å². The van der Waals surface area contributed by atoms with Crippen LogP contribution in [-0.2, 0) is 6.42 Å². The number of nitrogens with one attached hydrogen (secondary N) is 2. The summed E-state index contributed by atoms with van der Waals surface area (Å²) >= 11 is 0. The molecule has 0 atom stereocenters. The largest absolute Gasteiger partial charge is 0.304 e. The summed E-state index contributed by atoms with van der Waals surface area (Å²) in [5.74, 6) is 0.114. The van der Waals surface area contributed by atoms with Crippen molar-refractivity contribution in [3.63, 3.8) is 0 Å². The smallest absolute Gasteiger partial charge is 0.277 e. The highest BCUT2D eigenvalue weighted by Crippen LogP contribution is 2.20. The van der Waals surface area contributed by atoms with Gasteiger partial charge >= 0.3 is 0 Å². The number of carbonyl (C=O) groups excluding carboxylic acids is 1. The van der Waals surface area contributed by atoms with Gasteiger partial charge < -0.3 is 5.32 Å². The zero-order valence-electron chi connectivity index (χ0n) is 12.8. The molecule has 116 valence electrons. The number of carbonyl (C=O) groups is 1. The number of aromatic nitrogens is 4. The summed E-state index contributed by atoms with van der Waals surface area (Å²) in [5.41, 5.74) is 3.44. The van der Waals surface area contributed by atoms with E-state index in [0.29, 0.717) is 5.82 Å². The summed E-state index contributed by atoms with van der Waals surface area (Å²) in [4.78, 5) is 19.8. The molecule has 2 aromatic heterocycles. The molecule has 6 nitrogen and oxygen atoms in total. The molecule has 3 aromatic rings. The fraction of sp³-hybridized carbons (Fsp3) is 0.176. The number of aromatic amines is 1. The molecule has 0 radical (unpaired) electrons. The van der Waals surface area contributed by atoms with Gasteiger partial charge in [0.05, 0.1) is 11.9 Å². The summed E-state index contributed by atoms with van der Waals surface area (Å²) in [6.07, 6.45) is 6.61. The van der Waals surface area contributed by atoms with Crippen LogP contribution in [0.25, 0.3) is 11.3 Å². The lowest BCUT2D eigenvalue weighted by atomic mass is 10.1. The van der Waals surface area contributed by atoms with Gasteiger partial charge in [-0.2, -0.15) is 5.10 Å². The van der Waals surface area contributed by atoms with E-state index in [1.54, 1.807) is 6.07 Å². The lowest BCUT2D eigenvalue weighted by molar-refractivity contribution is 0.102. The van der Waals surface area contributed by atoms with Gasteiger partial charge in [-0.15, -0.1) is 0 Å². The van der Waals surface area contributed by atoms with Gasteiger partial charge in [-0.25, -0.2) is 4.98 Å². The molecule has 6 heteroatoms. The molecule has 0 aliphatic heterocycles. The minimum Gasteiger partial charge on any atom is -0.304 e. The van der Waals surface area contributed by atoms with Crippen LogP contribution in [0.2, 0.25) is 0 Å². The van der Waals surface area contributed by atoms with Crippen molar-refractivity contribution in [3.05, 3.63) is 60.2 Å². The van der Waals surface area contributed by atoms with E-state index in [1.165, 1.54) is 24.2 Å². The van der Waals surface area contributed by atoms with E-state index in [2.05, 4.69) is 44.5 Å². The second-order valence-corrected chi connectivity index (χ2v) is 5.16. The third kappa shape index (κ3) is 3.60. The van der Waals surface area contributed by atoms with Crippen LogP contribution in [0.1, 0.15) is 29.4 Å². The fourth-order valence-corrected chi connectivity index (χ4v) is 2.27. The van der Waals surface area contributed by atoms with Gasteiger partial charge in [-0.1, -0.05) is 37.6 Å². The normalized spacial score (nSPS) is 10.5. The van der Waals surface area contributed by atoms with Gasteiger partial charge in [-0.3, -0.25) is 14.9 Å². The van der Waals surface area contributed by atoms with Gasteiger partial charge in [0, 0.05) is 18.5 Å². The Morgan fingerprint density at radius 2 is 2.04 bits per heavy atom. The second kappa shape index (κ2) is 6.83. The highest BCUT2D eigenvalue weighted by molar-refractivity contribution is 6.02. The van der Waals surface area contributed by atoms with E-state index in [9.17, 15) is 4.79 Å². The Morgan fingerprint density at radius 1 is 1.22 bits per heavy atom. The van der Waals surface area contributed by atoms with E-state index >= 15 is 0 Å². The SMILES string of the molecule is CCCc1ccc(-c2cc(NC(=O)c3cnccn3)n[nH]2)cc1. The molecule has 2 N–H and O–H groups in total. The van der Waals surface area contributed by atoms with E-state index in [-0.39, 0.29) is 11.6 Å². The third-order valence-electron chi connectivity index (χ3n) is 3.42. The first-order valence-electron chi connectivity index (χ1n) is 7.48. The summed E-state index contributed by atoms with van der Waals surface area (Å²) in [7, 11) is 0. The first-order valence-corrected chi connectivity index (χ1v) is 7.48. The van der Waals surface area contributed by atoms with E-state index in [1.807, 2.05) is 12.1 Å². The van der Waals surface area contributed by atoms with Crippen molar-refractivity contribution in [2.24, 2.45) is 0 Å². The number of hydrogen-bond donors (Lipinski definition) is 2. The molecule has 2 heterocycles. The Kier molecular flexibility index (Phi) is 4.42. The van der Waals surface area contributed by atoms with Gasteiger partial charge in [0.1, 0.15) is 5.69 Å². The van der Waals surface area contributed by atoms with E-state index < -0.39 is 0 Å². The van der Waals surface area contributed by atoms with Gasteiger partial charge in [0.15, 0.2) is 5.82 Å². The van der Waals surface area contributed by atoms with Crippen molar-refractivity contribution >= 4 is 11.7 Å². The van der Waals surface area contributed by atoms with Crippen molar-refractivity contribution in [2.45, 2.75) is 19.8 Å². The van der Waals surface area contributed by atoms with Crippen LogP contribution in [0.5, 0.6) is 0 Å². The molecule has 3 rings (SSSR count). The molecule has 0 fully saturated rings. The van der Waals surface area contributed by atoms with Gasteiger partial charge in [0.2, 0.25) is 0 Å². The number of hydrogen-bond acceptors (Lipinski definition) is 4. The number of H-pyrrole nitrogens is 1. The summed E-state index contributed by atoms with van der Waals surface area (Å²) < 4.78 is 0. The molecule has 23 heavy (non-hydrogen) atoms. The Balaban J connectivity index is 1.71. The molecule has 0 aliphatic rings.